The molecule has 2 atom stereocenters. The molecule has 2 aliphatic rings. The van der Waals surface area contributed by atoms with E-state index in [-0.39, 0.29) is 5.41 Å². The third kappa shape index (κ3) is 3.72. The molecule has 0 amide bonds. The Bertz CT molecular complexity index is 801. The molecule has 2 fully saturated rings. The lowest BCUT2D eigenvalue weighted by atomic mass is 9.69. The monoisotopic (exact) mass is 384 g/mol. The summed E-state index contributed by atoms with van der Waals surface area (Å²) in [6.07, 6.45) is 4.63. The van der Waals surface area contributed by atoms with Crippen LogP contribution >= 0.6 is 0 Å². The summed E-state index contributed by atoms with van der Waals surface area (Å²) in [4.78, 5) is 10.0. The largest absolute Gasteiger partial charge is 0.396 e. The number of hydrogen-bond acceptors (Lipinski definition) is 4. The van der Waals surface area contributed by atoms with Crippen molar-refractivity contribution in [1.29, 1.82) is 0 Å². The van der Waals surface area contributed by atoms with Crippen LogP contribution in [0, 0.1) is 11.3 Å². The maximum atomic E-state index is 10.2. The van der Waals surface area contributed by atoms with Crippen molar-refractivity contribution >= 4 is 11.0 Å². The molecule has 28 heavy (non-hydrogen) atoms. The Kier molecular flexibility index (Phi) is 5.77. The zero-order chi connectivity index (χ0) is 19.7. The normalized spacial score (nSPS) is 26.8. The number of aromatic nitrogens is 2. The molecule has 2 saturated heterocycles. The topological polar surface area (TPSA) is 44.5 Å². The number of fused-ring (bicyclic) bond motifs is 2. The zero-order valence-electron chi connectivity index (χ0n) is 17.8. The fourth-order valence-electron chi connectivity index (χ4n) is 5.30. The second-order valence-corrected chi connectivity index (χ2v) is 9.46. The highest BCUT2D eigenvalue weighted by Crippen LogP contribution is 2.41. The fourth-order valence-corrected chi connectivity index (χ4v) is 5.30. The van der Waals surface area contributed by atoms with Crippen molar-refractivity contribution in [1.82, 2.24) is 19.4 Å². The molecule has 0 saturated carbocycles. The molecule has 1 aromatic carbocycles. The summed E-state index contributed by atoms with van der Waals surface area (Å²) < 4.78 is 2.44. The van der Waals surface area contributed by atoms with E-state index in [1.807, 2.05) is 0 Å². The van der Waals surface area contributed by atoms with Crippen molar-refractivity contribution in [2.75, 3.05) is 33.3 Å². The highest BCUT2D eigenvalue weighted by Gasteiger charge is 2.46. The van der Waals surface area contributed by atoms with E-state index in [1.165, 1.54) is 30.6 Å². The minimum atomic E-state index is 0.0985. The van der Waals surface area contributed by atoms with Gasteiger partial charge in [-0.15, -0.1) is 0 Å². The molecule has 1 aromatic heterocycles. The van der Waals surface area contributed by atoms with Gasteiger partial charge in [-0.1, -0.05) is 26.0 Å². The van der Waals surface area contributed by atoms with Gasteiger partial charge in [-0.05, 0) is 63.9 Å². The van der Waals surface area contributed by atoms with Crippen LogP contribution < -0.4 is 0 Å². The average molecular weight is 385 g/mol. The number of likely N-dealkylation sites (N-methyl/N-ethyl adjacent to an activating group) is 1. The molecule has 0 radical (unpaired) electrons. The number of nitrogens with zero attached hydrogens (tertiary/aromatic N) is 4. The SMILES string of the molecule is CC(C)CCn1c(CN2CC[C@@]3(CO)CCCN(C)[C@@H]3C2)nc2ccccc21. The van der Waals surface area contributed by atoms with Gasteiger partial charge in [-0.25, -0.2) is 4.98 Å². The molecule has 4 rings (SSSR count). The average Bonchev–Trinajstić information content (AvgIpc) is 3.04. The van der Waals surface area contributed by atoms with Crippen LogP contribution in [0.1, 0.15) is 45.4 Å². The van der Waals surface area contributed by atoms with Gasteiger partial charge in [0.1, 0.15) is 5.82 Å². The van der Waals surface area contributed by atoms with Gasteiger partial charge < -0.3 is 14.6 Å². The molecule has 1 N–H and O–H groups in total. The summed E-state index contributed by atoms with van der Waals surface area (Å²) in [7, 11) is 2.23. The summed E-state index contributed by atoms with van der Waals surface area (Å²) in [6, 6.07) is 8.99. The predicted molar refractivity (Wildman–Crippen MR) is 114 cm³/mol. The quantitative estimate of drug-likeness (QED) is 0.829. The highest BCUT2D eigenvalue weighted by molar-refractivity contribution is 5.75. The van der Waals surface area contributed by atoms with E-state index < -0.39 is 0 Å². The van der Waals surface area contributed by atoms with Crippen LogP contribution in [0.2, 0.25) is 0 Å². The van der Waals surface area contributed by atoms with Crippen molar-refractivity contribution in [3.63, 3.8) is 0 Å². The Morgan fingerprint density at radius 2 is 2.04 bits per heavy atom. The van der Waals surface area contributed by atoms with Gasteiger partial charge in [0.25, 0.3) is 0 Å². The van der Waals surface area contributed by atoms with Gasteiger partial charge in [0.15, 0.2) is 0 Å². The van der Waals surface area contributed by atoms with E-state index in [0.29, 0.717) is 18.6 Å². The summed E-state index contributed by atoms with van der Waals surface area (Å²) in [5.41, 5.74) is 2.47. The van der Waals surface area contributed by atoms with Crippen molar-refractivity contribution in [3.05, 3.63) is 30.1 Å². The second kappa shape index (κ2) is 8.13. The van der Waals surface area contributed by atoms with Crippen molar-refractivity contribution in [2.45, 2.75) is 58.7 Å². The molecule has 0 spiro atoms. The first-order valence-electron chi connectivity index (χ1n) is 11.0. The van der Waals surface area contributed by atoms with Crippen LogP contribution in [0.25, 0.3) is 11.0 Å². The van der Waals surface area contributed by atoms with Crippen LogP contribution in [0.5, 0.6) is 0 Å². The fraction of sp³-hybridized carbons (Fsp3) is 0.696. The molecule has 2 aliphatic heterocycles. The molecule has 2 aromatic rings. The van der Waals surface area contributed by atoms with E-state index in [2.05, 4.69) is 59.5 Å². The lowest BCUT2D eigenvalue weighted by Gasteiger charge is -2.53. The molecule has 0 unspecified atom stereocenters. The number of hydrogen-bond donors (Lipinski definition) is 1. The number of aliphatic hydroxyl groups excluding tert-OH is 1. The number of benzene rings is 1. The predicted octanol–water partition coefficient (Wildman–Crippen LogP) is 3.36. The Labute approximate surface area is 169 Å². The maximum Gasteiger partial charge on any atom is 0.124 e. The zero-order valence-corrected chi connectivity index (χ0v) is 17.8. The van der Waals surface area contributed by atoms with Crippen molar-refractivity contribution in [3.8, 4) is 0 Å². The van der Waals surface area contributed by atoms with E-state index in [1.54, 1.807) is 0 Å². The first kappa shape index (κ1) is 19.9. The number of aryl methyl sites for hydroxylation is 1. The van der Waals surface area contributed by atoms with E-state index in [0.717, 1.165) is 44.7 Å². The molecular weight excluding hydrogens is 348 g/mol. The number of rotatable bonds is 6. The highest BCUT2D eigenvalue weighted by atomic mass is 16.3. The Balaban J connectivity index is 1.56. The van der Waals surface area contributed by atoms with Crippen molar-refractivity contribution in [2.24, 2.45) is 11.3 Å². The number of piperidine rings is 2. The molecule has 154 valence electrons. The lowest BCUT2D eigenvalue weighted by molar-refractivity contribution is -0.0690. The Hall–Kier alpha value is -1.43. The van der Waals surface area contributed by atoms with Gasteiger partial charge >= 0.3 is 0 Å². The van der Waals surface area contributed by atoms with Crippen LogP contribution in [0.3, 0.4) is 0 Å². The molecule has 3 heterocycles. The minimum absolute atomic E-state index is 0.0985. The van der Waals surface area contributed by atoms with E-state index in [4.69, 9.17) is 4.98 Å². The first-order valence-corrected chi connectivity index (χ1v) is 11.0. The van der Waals surface area contributed by atoms with Crippen LogP contribution in [0.15, 0.2) is 24.3 Å². The van der Waals surface area contributed by atoms with E-state index >= 15 is 0 Å². The van der Waals surface area contributed by atoms with Gasteiger partial charge in [-0.3, -0.25) is 4.90 Å². The standard InChI is InChI=1S/C23H36N4O/c1-18(2)9-13-27-20-8-5-4-7-19(20)24-22(27)16-26-14-11-23(17-28)10-6-12-25(3)21(23)15-26/h4-5,7-8,18,21,28H,6,9-17H2,1-3H3/t21-,23-/m1/s1. The summed E-state index contributed by atoms with van der Waals surface area (Å²) in [6.45, 7) is 10.1. The Morgan fingerprint density at radius 3 is 2.82 bits per heavy atom. The van der Waals surface area contributed by atoms with Crippen LogP contribution in [-0.4, -0.2) is 63.8 Å². The number of imidazole rings is 1. The number of aliphatic hydroxyl groups is 1. The Morgan fingerprint density at radius 1 is 1.21 bits per heavy atom. The molecule has 5 nitrogen and oxygen atoms in total. The number of likely N-dealkylation sites (tertiary alicyclic amines) is 2. The lowest BCUT2D eigenvalue weighted by Crippen LogP contribution is -2.61. The van der Waals surface area contributed by atoms with Gasteiger partial charge in [0.2, 0.25) is 0 Å². The minimum Gasteiger partial charge on any atom is -0.396 e. The maximum absolute atomic E-state index is 10.2. The molecule has 0 aliphatic carbocycles. The summed E-state index contributed by atoms with van der Waals surface area (Å²) in [5, 5.41) is 10.2. The molecular formula is C23H36N4O. The smallest absolute Gasteiger partial charge is 0.124 e. The summed E-state index contributed by atoms with van der Waals surface area (Å²) in [5.74, 6) is 1.88. The van der Waals surface area contributed by atoms with Gasteiger partial charge in [-0.2, -0.15) is 0 Å². The first-order chi connectivity index (χ1) is 13.5. The van der Waals surface area contributed by atoms with Crippen LogP contribution in [0.4, 0.5) is 0 Å². The van der Waals surface area contributed by atoms with Gasteiger partial charge in [0, 0.05) is 24.5 Å². The number of para-hydroxylation sites is 2. The second-order valence-electron chi connectivity index (χ2n) is 9.46. The van der Waals surface area contributed by atoms with Crippen molar-refractivity contribution < 1.29 is 5.11 Å². The third-order valence-electron chi connectivity index (χ3n) is 7.13. The van der Waals surface area contributed by atoms with Gasteiger partial charge in [0.05, 0.1) is 24.2 Å². The summed E-state index contributed by atoms with van der Waals surface area (Å²) >= 11 is 0. The van der Waals surface area contributed by atoms with Crippen LogP contribution in [-0.2, 0) is 13.1 Å². The third-order valence-corrected chi connectivity index (χ3v) is 7.13. The molecule has 0 bridgehead atoms. The molecule has 5 heteroatoms. The van der Waals surface area contributed by atoms with E-state index in [9.17, 15) is 5.11 Å².